The van der Waals surface area contributed by atoms with Gasteiger partial charge < -0.3 is 5.73 Å². The summed E-state index contributed by atoms with van der Waals surface area (Å²) in [6, 6.07) is 0. The van der Waals surface area contributed by atoms with Crippen molar-refractivity contribution >= 4 is 0 Å². The molecule has 0 atom stereocenters. The third kappa shape index (κ3) is 3.37. The predicted molar refractivity (Wildman–Crippen MR) is 78.8 cm³/mol. The van der Waals surface area contributed by atoms with Crippen LogP contribution in [0.2, 0.25) is 0 Å². The van der Waals surface area contributed by atoms with Gasteiger partial charge in [-0.2, -0.15) is 5.10 Å². The number of hydrogen-bond acceptors (Lipinski definition) is 3. The first-order chi connectivity index (χ1) is 9.20. The molecule has 19 heavy (non-hydrogen) atoms. The molecule has 2 rings (SSSR count). The maximum atomic E-state index is 6.17. The number of hydrogen-bond donors (Lipinski definition) is 1. The lowest BCUT2D eigenvalue weighted by atomic mass is 9.80. The Bertz CT molecular complexity index is 379. The summed E-state index contributed by atoms with van der Waals surface area (Å²) in [5.41, 5.74) is 7.69. The molecule has 1 heterocycles. The smallest absolute Gasteiger partial charge is 0.0534 e. The maximum absolute atomic E-state index is 6.17. The van der Waals surface area contributed by atoms with E-state index < -0.39 is 0 Å². The van der Waals surface area contributed by atoms with Crippen molar-refractivity contribution in [3.63, 3.8) is 0 Å². The standard InChI is InChI=1S/C15H28N4/c1-3-9-19(12-14-10-17-18(2)11-14)15(13-16)7-5-4-6-8-15/h10-11H,3-9,12-13,16H2,1-2H3. The normalized spacial score (nSPS) is 18.9. The van der Waals surface area contributed by atoms with Crippen LogP contribution in [0.15, 0.2) is 12.4 Å². The molecule has 2 N–H and O–H groups in total. The maximum Gasteiger partial charge on any atom is 0.0534 e. The van der Waals surface area contributed by atoms with Gasteiger partial charge in [-0.1, -0.05) is 26.2 Å². The van der Waals surface area contributed by atoms with Crippen molar-refractivity contribution in [2.45, 2.75) is 57.5 Å². The van der Waals surface area contributed by atoms with Crippen LogP contribution in [-0.4, -0.2) is 33.3 Å². The Balaban J connectivity index is 2.12. The Morgan fingerprint density at radius 1 is 1.37 bits per heavy atom. The van der Waals surface area contributed by atoms with Crippen molar-refractivity contribution in [1.82, 2.24) is 14.7 Å². The van der Waals surface area contributed by atoms with Gasteiger partial charge in [0.1, 0.15) is 0 Å². The molecule has 0 radical (unpaired) electrons. The second kappa shape index (κ2) is 6.53. The SMILES string of the molecule is CCCN(Cc1cnn(C)c1)C1(CN)CCCCC1. The first-order valence-corrected chi connectivity index (χ1v) is 7.63. The van der Waals surface area contributed by atoms with Gasteiger partial charge in [0.05, 0.1) is 6.20 Å². The highest BCUT2D eigenvalue weighted by Gasteiger charge is 2.36. The fourth-order valence-corrected chi connectivity index (χ4v) is 3.39. The van der Waals surface area contributed by atoms with E-state index >= 15 is 0 Å². The van der Waals surface area contributed by atoms with Crippen molar-refractivity contribution in [2.24, 2.45) is 12.8 Å². The van der Waals surface area contributed by atoms with E-state index in [0.717, 1.165) is 19.6 Å². The Morgan fingerprint density at radius 2 is 2.11 bits per heavy atom. The second-order valence-electron chi connectivity index (χ2n) is 5.93. The Labute approximate surface area is 117 Å². The van der Waals surface area contributed by atoms with Crippen LogP contribution in [0, 0.1) is 0 Å². The quantitative estimate of drug-likeness (QED) is 0.857. The summed E-state index contributed by atoms with van der Waals surface area (Å²) in [5.74, 6) is 0. The zero-order valence-corrected chi connectivity index (χ0v) is 12.4. The summed E-state index contributed by atoms with van der Waals surface area (Å²) < 4.78 is 1.88. The number of nitrogens with two attached hydrogens (primary N) is 1. The average molecular weight is 264 g/mol. The molecular weight excluding hydrogens is 236 g/mol. The fraction of sp³-hybridized carbons (Fsp3) is 0.800. The topological polar surface area (TPSA) is 47.1 Å². The summed E-state index contributed by atoms with van der Waals surface area (Å²) in [5, 5.41) is 4.28. The lowest BCUT2D eigenvalue weighted by Gasteiger charge is -2.46. The van der Waals surface area contributed by atoms with Crippen molar-refractivity contribution in [2.75, 3.05) is 13.1 Å². The molecule has 0 bridgehead atoms. The minimum Gasteiger partial charge on any atom is -0.329 e. The van der Waals surface area contributed by atoms with E-state index in [0.29, 0.717) is 0 Å². The average Bonchev–Trinajstić information content (AvgIpc) is 2.84. The number of aromatic nitrogens is 2. The van der Waals surface area contributed by atoms with E-state index in [1.54, 1.807) is 0 Å². The van der Waals surface area contributed by atoms with Gasteiger partial charge >= 0.3 is 0 Å². The van der Waals surface area contributed by atoms with E-state index in [9.17, 15) is 0 Å². The molecule has 1 saturated carbocycles. The highest BCUT2D eigenvalue weighted by atomic mass is 15.3. The molecule has 0 aromatic carbocycles. The largest absolute Gasteiger partial charge is 0.329 e. The van der Waals surface area contributed by atoms with Crippen LogP contribution >= 0.6 is 0 Å². The van der Waals surface area contributed by atoms with Crippen molar-refractivity contribution in [3.05, 3.63) is 18.0 Å². The Hall–Kier alpha value is -0.870. The van der Waals surface area contributed by atoms with Crippen LogP contribution in [-0.2, 0) is 13.6 Å². The monoisotopic (exact) mass is 264 g/mol. The molecule has 0 amide bonds. The summed E-state index contributed by atoms with van der Waals surface area (Å²) >= 11 is 0. The van der Waals surface area contributed by atoms with Crippen molar-refractivity contribution < 1.29 is 0 Å². The van der Waals surface area contributed by atoms with E-state index in [1.807, 2.05) is 17.9 Å². The first kappa shape index (κ1) is 14.5. The fourth-order valence-electron chi connectivity index (χ4n) is 3.39. The minimum atomic E-state index is 0.226. The molecular formula is C15H28N4. The third-order valence-electron chi connectivity index (χ3n) is 4.46. The van der Waals surface area contributed by atoms with Gasteiger partial charge in [0.25, 0.3) is 0 Å². The Morgan fingerprint density at radius 3 is 2.63 bits per heavy atom. The van der Waals surface area contributed by atoms with E-state index in [2.05, 4.69) is 23.1 Å². The van der Waals surface area contributed by atoms with Crippen LogP contribution in [0.3, 0.4) is 0 Å². The molecule has 1 aliphatic rings. The molecule has 1 aliphatic carbocycles. The van der Waals surface area contributed by atoms with E-state index in [1.165, 1.54) is 44.1 Å². The number of rotatable bonds is 6. The van der Waals surface area contributed by atoms with Crippen LogP contribution in [0.4, 0.5) is 0 Å². The molecule has 4 heteroatoms. The lowest BCUT2D eigenvalue weighted by Crippen LogP contribution is -2.54. The van der Waals surface area contributed by atoms with E-state index in [4.69, 9.17) is 5.73 Å². The molecule has 108 valence electrons. The third-order valence-corrected chi connectivity index (χ3v) is 4.46. The number of aryl methyl sites for hydroxylation is 1. The lowest BCUT2D eigenvalue weighted by molar-refractivity contribution is 0.0494. The summed E-state index contributed by atoms with van der Waals surface area (Å²) in [6.45, 7) is 5.15. The molecule has 0 aliphatic heterocycles. The predicted octanol–water partition coefficient (Wildman–Crippen LogP) is 2.29. The zero-order chi connectivity index (χ0) is 13.7. The van der Waals surface area contributed by atoms with Gasteiger partial charge in [-0.25, -0.2) is 0 Å². The van der Waals surface area contributed by atoms with Gasteiger partial charge in [-0.05, 0) is 25.8 Å². The zero-order valence-electron chi connectivity index (χ0n) is 12.4. The van der Waals surface area contributed by atoms with Gasteiger partial charge in [0.2, 0.25) is 0 Å². The van der Waals surface area contributed by atoms with Crippen molar-refractivity contribution in [3.8, 4) is 0 Å². The van der Waals surface area contributed by atoms with Crippen molar-refractivity contribution in [1.29, 1.82) is 0 Å². The van der Waals surface area contributed by atoms with Gasteiger partial charge in [0, 0.05) is 37.4 Å². The van der Waals surface area contributed by atoms with Crippen LogP contribution in [0.1, 0.15) is 51.0 Å². The summed E-state index contributed by atoms with van der Waals surface area (Å²) in [7, 11) is 1.98. The molecule has 4 nitrogen and oxygen atoms in total. The molecule has 0 spiro atoms. The Kier molecular flexibility index (Phi) is 4.99. The molecule has 1 aromatic rings. The molecule has 1 fully saturated rings. The highest BCUT2D eigenvalue weighted by molar-refractivity contribution is 5.06. The second-order valence-corrected chi connectivity index (χ2v) is 5.93. The summed E-state index contributed by atoms with van der Waals surface area (Å²) in [4.78, 5) is 2.61. The minimum absolute atomic E-state index is 0.226. The van der Waals surface area contributed by atoms with Gasteiger partial charge in [-0.15, -0.1) is 0 Å². The van der Waals surface area contributed by atoms with Gasteiger partial charge in [0.15, 0.2) is 0 Å². The van der Waals surface area contributed by atoms with Crippen LogP contribution in [0.5, 0.6) is 0 Å². The van der Waals surface area contributed by atoms with E-state index in [-0.39, 0.29) is 5.54 Å². The first-order valence-electron chi connectivity index (χ1n) is 7.63. The highest BCUT2D eigenvalue weighted by Crippen LogP contribution is 2.34. The molecule has 1 aromatic heterocycles. The van der Waals surface area contributed by atoms with Crippen LogP contribution < -0.4 is 5.73 Å². The molecule has 0 unspecified atom stereocenters. The summed E-state index contributed by atoms with van der Waals surface area (Å²) in [6.07, 6.45) is 11.8. The molecule has 0 saturated heterocycles. The van der Waals surface area contributed by atoms with Gasteiger partial charge in [-0.3, -0.25) is 9.58 Å². The number of nitrogens with zero attached hydrogens (tertiary/aromatic N) is 3. The van der Waals surface area contributed by atoms with Crippen LogP contribution in [0.25, 0.3) is 0 Å².